The first kappa shape index (κ1) is 12.7. The SMILES string of the molecule is C[C@H](Oc1cccc(Cl)c1)C(=O)c1ccccc1. The van der Waals surface area contributed by atoms with Crippen LogP contribution < -0.4 is 4.74 Å². The van der Waals surface area contributed by atoms with Crippen molar-refractivity contribution in [2.75, 3.05) is 0 Å². The molecule has 0 unspecified atom stereocenters. The van der Waals surface area contributed by atoms with E-state index in [1.807, 2.05) is 18.2 Å². The van der Waals surface area contributed by atoms with Gasteiger partial charge < -0.3 is 4.74 Å². The Morgan fingerprint density at radius 1 is 1.11 bits per heavy atom. The van der Waals surface area contributed by atoms with E-state index >= 15 is 0 Å². The van der Waals surface area contributed by atoms with Gasteiger partial charge in [-0.25, -0.2) is 0 Å². The van der Waals surface area contributed by atoms with Crippen LogP contribution in [-0.4, -0.2) is 11.9 Å². The van der Waals surface area contributed by atoms with Crippen LogP contribution in [0.15, 0.2) is 54.6 Å². The molecule has 0 radical (unpaired) electrons. The number of hydrogen-bond acceptors (Lipinski definition) is 2. The number of benzene rings is 2. The number of carbonyl (C=O) groups is 1. The van der Waals surface area contributed by atoms with Crippen LogP contribution in [-0.2, 0) is 0 Å². The Hall–Kier alpha value is -1.80. The fourth-order valence-electron chi connectivity index (χ4n) is 1.64. The zero-order valence-electron chi connectivity index (χ0n) is 9.97. The second-order valence-corrected chi connectivity index (χ2v) is 4.38. The van der Waals surface area contributed by atoms with Crippen LogP contribution >= 0.6 is 11.6 Å². The molecule has 0 N–H and O–H groups in total. The molecule has 0 bridgehead atoms. The summed E-state index contributed by atoms with van der Waals surface area (Å²) in [5.74, 6) is 0.551. The summed E-state index contributed by atoms with van der Waals surface area (Å²) in [6.45, 7) is 1.73. The summed E-state index contributed by atoms with van der Waals surface area (Å²) >= 11 is 5.86. The van der Waals surface area contributed by atoms with Crippen LogP contribution in [0.2, 0.25) is 5.02 Å². The van der Waals surface area contributed by atoms with Gasteiger partial charge in [0, 0.05) is 10.6 Å². The smallest absolute Gasteiger partial charge is 0.202 e. The van der Waals surface area contributed by atoms with Crippen molar-refractivity contribution in [3.8, 4) is 5.75 Å². The molecule has 2 aromatic rings. The Labute approximate surface area is 111 Å². The zero-order valence-corrected chi connectivity index (χ0v) is 10.7. The Morgan fingerprint density at radius 2 is 1.83 bits per heavy atom. The Kier molecular flexibility index (Phi) is 4.00. The van der Waals surface area contributed by atoms with Gasteiger partial charge in [-0.05, 0) is 25.1 Å². The largest absolute Gasteiger partial charge is 0.483 e. The molecule has 3 heteroatoms. The number of carbonyl (C=O) groups excluding carboxylic acids is 1. The molecule has 0 fully saturated rings. The third kappa shape index (κ3) is 3.11. The summed E-state index contributed by atoms with van der Waals surface area (Å²) in [7, 11) is 0. The average Bonchev–Trinajstić information content (AvgIpc) is 2.39. The van der Waals surface area contributed by atoms with Crippen LogP contribution in [0.25, 0.3) is 0 Å². The van der Waals surface area contributed by atoms with E-state index in [1.165, 1.54) is 0 Å². The quantitative estimate of drug-likeness (QED) is 0.777. The van der Waals surface area contributed by atoms with Crippen molar-refractivity contribution in [1.82, 2.24) is 0 Å². The van der Waals surface area contributed by atoms with Crippen molar-refractivity contribution in [2.24, 2.45) is 0 Å². The van der Waals surface area contributed by atoms with Crippen LogP contribution in [0.4, 0.5) is 0 Å². The minimum absolute atomic E-state index is 0.0458. The maximum Gasteiger partial charge on any atom is 0.202 e. The first-order valence-corrected chi connectivity index (χ1v) is 6.06. The number of ether oxygens (including phenoxy) is 1. The van der Waals surface area contributed by atoms with Gasteiger partial charge in [0.1, 0.15) is 5.75 Å². The third-order valence-corrected chi connectivity index (χ3v) is 2.77. The Morgan fingerprint density at radius 3 is 2.50 bits per heavy atom. The highest BCUT2D eigenvalue weighted by atomic mass is 35.5. The summed E-state index contributed by atoms with van der Waals surface area (Å²) in [4.78, 5) is 12.1. The molecular weight excluding hydrogens is 248 g/mol. The van der Waals surface area contributed by atoms with Gasteiger partial charge >= 0.3 is 0 Å². The lowest BCUT2D eigenvalue weighted by atomic mass is 10.1. The van der Waals surface area contributed by atoms with E-state index in [0.717, 1.165) is 0 Å². The number of hydrogen-bond donors (Lipinski definition) is 0. The van der Waals surface area contributed by atoms with Gasteiger partial charge in [-0.15, -0.1) is 0 Å². The summed E-state index contributed by atoms with van der Waals surface area (Å²) in [5, 5.41) is 0.590. The van der Waals surface area contributed by atoms with E-state index < -0.39 is 6.10 Å². The molecule has 0 aliphatic rings. The molecule has 2 aromatic carbocycles. The predicted molar refractivity (Wildman–Crippen MR) is 72.3 cm³/mol. The molecular formula is C15H13ClO2. The molecule has 0 aromatic heterocycles. The van der Waals surface area contributed by atoms with Crippen molar-refractivity contribution in [2.45, 2.75) is 13.0 Å². The molecule has 0 aliphatic heterocycles. The van der Waals surface area contributed by atoms with Gasteiger partial charge in [-0.2, -0.15) is 0 Å². The molecule has 0 saturated heterocycles. The molecule has 2 rings (SSSR count). The Bertz CT molecular complexity index is 537. The number of rotatable bonds is 4. The topological polar surface area (TPSA) is 26.3 Å². The molecule has 2 nitrogen and oxygen atoms in total. The van der Waals surface area contributed by atoms with Gasteiger partial charge in [0.15, 0.2) is 6.10 Å². The first-order valence-electron chi connectivity index (χ1n) is 5.68. The molecule has 1 atom stereocenters. The molecule has 0 amide bonds. The van der Waals surface area contributed by atoms with Crippen LogP contribution in [0, 0.1) is 0 Å². The van der Waals surface area contributed by atoms with Crippen molar-refractivity contribution >= 4 is 17.4 Å². The lowest BCUT2D eigenvalue weighted by Gasteiger charge is -2.13. The normalized spacial score (nSPS) is 11.9. The van der Waals surface area contributed by atoms with Crippen LogP contribution in [0.1, 0.15) is 17.3 Å². The second kappa shape index (κ2) is 5.69. The maximum absolute atomic E-state index is 12.1. The summed E-state index contributed by atoms with van der Waals surface area (Å²) in [6, 6.07) is 16.1. The monoisotopic (exact) mass is 260 g/mol. The van der Waals surface area contributed by atoms with Crippen LogP contribution in [0.3, 0.4) is 0 Å². The van der Waals surface area contributed by atoms with Gasteiger partial charge in [0.2, 0.25) is 5.78 Å². The van der Waals surface area contributed by atoms with Gasteiger partial charge in [0.25, 0.3) is 0 Å². The highest BCUT2D eigenvalue weighted by Gasteiger charge is 2.16. The zero-order chi connectivity index (χ0) is 13.0. The highest BCUT2D eigenvalue weighted by molar-refractivity contribution is 6.30. The minimum Gasteiger partial charge on any atom is -0.483 e. The first-order chi connectivity index (χ1) is 8.66. The lowest BCUT2D eigenvalue weighted by Crippen LogP contribution is -2.23. The van der Waals surface area contributed by atoms with Gasteiger partial charge in [-0.1, -0.05) is 48.0 Å². The van der Waals surface area contributed by atoms with E-state index in [1.54, 1.807) is 43.3 Å². The van der Waals surface area contributed by atoms with Crippen molar-refractivity contribution in [3.05, 3.63) is 65.2 Å². The standard InChI is InChI=1S/C15H13ClO2/c1-11(15(17)12-6-3-2-4-7-12)18-14-9-5-8-13(16)10-14/h2-11H,1H3/t11-/m0/s1. The summed E-state index contributed by atoms with van der Waals surface area (Å²) in [6.07, 6.45) is -0.536. The van der Waals surface area contributed by atoms with E-state index in [-0.39, 0.29) is 5.78 Å². The molecule has 92 valence electrons. The van der Waals surface area contributed by atoms with E-state index in [9.17, 15) is 4.79 Å². The van der Waals surface area contributed by atoms with Gasteiger partial charge in [-0.3, -0.25) is 4.79 Å². The second-order valence-electron chi connectivity index (χ2n) is 3.95. The Balaban J connectivity index is 2.09. The highest BCUT2D eigenvalue weighted by Crippen LogP contribution is 2.19. The van der Waals surface area contributed by atoms with E-state index in [0.29, 0.717) is 16.3 Å². The van der Waals surface area contributed by atoms with E-state index in [2.05, 4.69) is 0 Å². The average molecular weight is 261 g/mol. The van der Waals surface area contributed by atoms with Crippen molar-refractivity contribution in [3.63, 3.8) is 0 Å². The molecule has 0 heterocycles. The van der Waals surface area contributed by atoms with Crippen LogP contribution in [0.5, 0.6) is 5.75 Å². The third-order valence-electron chi connectivity index (χ3n) is 2.54. The summed E-state index contributed by atoms with van der Waals surface area (Å²) < 4.78 is 5.58. The number of ketones is 1. The van der Waals surface area contributed by atoms with Gasteiger partial charge in [0.05, 0.1) is 0 Å². The molecule has 0 spiro atoms. The maximum atomic E-state index is 12.1. The fraction of sp³-hybridized carbons (Fsp3) is 0.133. The fourth-order valence-corrected chi connectivity index (χ4v) is 1.82. The summed E-state index contributed by atoms with van der Waals surface area (Å²) in [5.41, 5.74) is 0.645. The molecule has 0 aliphatic carbocycles. The number of halogens is 1. The predicted octanol–water partition coefficient (Wildman–Crippen LogP) is 3.99. The number of Topliss-reactive ketones (excluding diaryl/α,β-unsaturated/α-hetero) is 1. The minimum atomic E-state index is -0.536. The lowest BCUT2D eigenvalue weighted by molar-refractivity contribution is 0.0818. The molecule has 0 saturated carbocycles. The molecule has 18 heavy (non-hydrogen) atoms. The van der Waals surface area contributed by atoms with Crippen molar-refractivity contribution < 1.29 is 9.53 Å². The van der Waals surface area contributed by atoms with E-state index in [4.69, 9.17) is 16.3 Å². The van der Waals surface area contributed by atoms with Crippen molar-refractivity contribution in [1.29, 1.82) is 0 Å².